The smallest absolute Gasteiger partial charge is 0.243 e. The number of hydrogen-bond acceptors (Lipinski definition) is 5. The first-order valence-corrected chi connectivity index (χ1v) is 7.82. The summed E-state index contributed by atoms with van der Waals surface area (Å²) in [4.78, 5) is 3.33. The molecule has 0 fully saturated rings. The van der Waals surface area contributed by atoms with Crippen molar-refractivity contribution >= 4 is 21.6 Å². The lowest BCUT2D eigenvalue weighted by Gasteiger charge is -2.10. The molecule has 7 nitrogen and oxygen atoms in total. The van der Waals surface area contributed by atoms with Crippen LogP contribution in [0.3, 0.4) is 0 Å². The molecule has 4 N–H and O–H groups in total. The number of halogens is 2. The Morgan fingerprint density at radius 1 is 1.43 bits per heavy atom. The molecule has 21 heavy (non-hydrogen) atoms. The fourth-order valence-corrected chi connectivity index (χ4v) is 3.18. The third kappa shape index (κ3) is 3.76. The average Bonchev–Trinajstić information content (AvgIpc) is 2.93. The maximum atomic E-state index is 14.1. The van der Waals surface area contributed by atoms with E-state index >= 15 is 0 Å². The van der Waals surface area contributed by atoms with Gasteiger partial charge in [-0.15, -0.1) is 0 Å². The molecule has 0 aliphatic heterocycles. The van der Waals surface area contributed by atoms with Crippen LogP contribution in [0.4, 0.5) is 4.39 Å². The second-order valence-electron chi connectivity index (χ2n) is 4.16. The highest BCUT2D eigenvalue weighted by molar-refractivity contribution is 7.89. The van der Waals surface area contributed by atoms with Gasteiger partial charge >= 0.3 is 0 Å². The van der Waals surface area contributed by atoms with Crippen molar-refractivity contribution < 1.29 is 12.8 Å². The van der Waals surface area contributed by atoms with Crippen LogP contribution in [0.5, 0.6) is 0 Å². The minimum absolute atomic E-state index is 0.0399. The maximum absolute atomic E-state index is 14.1. The van der Waals surface area contributed by atoms with Gasteiger partial charge in [0, 0.05) is 30.1 Å². The number of nitrogens with two attached hydrogens (primary N) is 1. The zero-order valence-corrected chi connectivity index (χ0v) is 12.4. The fourth-order valence-electron chi connectivity index (χ4n) is 1.70. The van der Waals surface area contributed by atoms with Crippen LogP contribution >= 0.6 is 11.6 Å². The van der Waals surface area contributed by atoms with Crippen molar-refractivity contribution in [2.24, 2.45) is 5.73 Å². The van der Waals surface area contributed by atoms with Crippen molar-refractivity contribution in [3.05, 3.63) is 40.7 Å². The highest BCUT2D eigenvalue weighted by Crippen LogP contribution is 2.23. The Morgan fingerprint density at radius 3 is 2.81 bits per heavy atom. The minimum atomic E-state index is -4.03. The molecule has 0 spiro atoms. The van der Waals surface area contributed by atoms with E-state index in [4.69, 9.17) is 17.3 Å². The molecule has 0 saturated heterocycles. The van der Waals surface area contributed by atoms with Gasteiger partial charge in [-0.05, 0) is 12.1 Å². The minimum Gasteiger partial charge on any atom is -0.326 e. The van der Waals surface area contributed by atoms with Gasteiger partial charge in [0.15, 0.2) is 0 Å². The first kappa shape index (κ1) is 15.8. The predicted octanol–water partition coefficient (Wildman–Crippen LogP) is 0.577. The molecule has 2 rings (SSSR count). The van der Waals surface area contributed by atoms with Crippen molar-refractivity contribution in [2.45, 2.75) is 17.9 Å². The van der Waals surface area contributed by atoms with Crippen LogP contribution in [0.2, 0.25) is 5.02 Å². The number of sulfonamides is 1. The summed E-state index contributed by atoms with van der Waals surface area (Å²) in [5, 5.41) is 6.34. The topological polar surface area (TPSA) is 114 Å². The molecular formula is C11H13ClFN5O2S. The summed E-state index contributed by atoms with van der Waals surface area (Å²) in [6.07, 6.45) is 1.61. The van der Waals surface area contributed by atoms with Crippen LogP contribution in [-0.2, 0) is 23.0 Å². The zero-order valence-electron chi connectivity index (χ0n) is 10.8. The number of nitrogens with one attached hydrogen (secondary N) is 2. The van der Waals surface area contributed by atoms with Gasteiger partial charge in [-0.25, -0.2) is 22.5 Å². The van der Waals surface area contributed by atoms with E-state index in [1.165, 1.54) is 12.4 Å². The number of aromatic nitrogens is 3. The molecule has 0 radical (unpaired) electrons. The van der Waals surface area contributed by atoms with Crippen molar-refractivity contribution in [3.63, 3.8) is 0 Å². The standard InChI is InChI=1S/C11H13ClFN5O2S/c12-8-3-7(5-14)11(13)9(4-8)21(19,20)17-2-1-10-15-6-16-18-10/h3-4,6,17H,1-2,5,14H2,(H,15,16,18). The van der Waals surface area contributed by atoms with E-state index in [-0.39, 0.29) is 23.7 Å². The first-order valence-electron chi connectivity index (χ1n) is 5.96. The lowest BCUT2D eigenvalue weighted by molar-refractivity contribution is 0.549. The predicted molar refractivity (Wildman–Crippen MR) is 74.6 cm³/mol. The molecule has 0 amide bonds. The fraction of sp³-hybridized carbons (Fsp3) is 0.273. The lowest BCUT2D eigenvalue weighted by atomic mass is 10.2. The summed E-state index contributed by atoms with van der Waals surface area (Å²) in [5.41, 5.74) is 5.40. The average molecular weight is 334 g/mol. The molecule has 114 valence electrons. The number of aromatic amines is 1. The number of rotatable bonds is 6. The molecule has 0 unspecified atom stereocenters. The SMILES string of the molecule is NCc1cc(Cl)cc(S(=O)(=O)NCCc2ncn[nH]2)c1F. The molecule has 2 aromatic rings. The Balaban J connectivity index is 2.17. The van der Waals surface area contributed by atoms with Crippen molar-refractivity contribution in [2.75, 3.05) is 6.54 Å². The largest absolute Gasteiger partial charge is 0.326 e. The number of hydrogen-bond donors (Lipinski definition) is 3. The molecular weight excluding hydrogens is 321 g/mol. The van der Waals surface area contributed by atoms with E-state index < -0.39 is 20.7 Å². The molecule has 0 aliphatic carbocycles. The molecule has 0 aliphatic rings. The van der Waals surface area contributed by atoms with E-state index in [2.05, 4.69) is 19.9 Å². The number of nitrogens with zero attached hydrogens (tertiary/aromatic N) is 2. The highest BCUT2D eigenvalue weighted by Gasteiger charge is 2.21. The Kier molecular flexibility index (Phi) is 4.88. The Morgan fingerprint density at radius 2 is 2.19 bits per heavy atom. The first-order chi connectivity index (χ1) is 9.94. The molecule has 1 aromatic heterocycles. The Bertz CT molecular complexity index is 720. The van der Waals surface area contributed by atoms with Gasteiger partial charge in [0.25, 0.3) is 0 Å². The van der Waals surface area contributed by atoms with E-state index in [0.29, 0.717) is 12.2 Å². The second kappa shape index (κ2) is 6.48. The summed E-state index contributed by atoms with van der Waals surface area (Å²) < 4.78 is 40.6. The van der Waals surface area contributed by atoms with Gasteiger partial charge in [-0.1, -0.05) is 11.6 Å². The normalized spacial score (nSPS) is 11.8. The van der Waals surface area contributed by atoms with Crippen LogP contribution in [0.1, 0.15) is 11.4 Å². The summed E-state index contributed by atoms with van der Waals surface area (Å²) in [6, 6.07) is 2.34. The van der Waals surface area contributed by atoms with Gasteiger partial charge in [0.2, 0.25) is 10.0 Å². The highest BCUT2D eigenvalue weighted by atomic mass is 35.5. The molecule has 0 saturated carbocycles. The molecule has 10 heteroatoms. The van der Waals surface area contributed by atoms with Gasteiger partial charge in [0.1, 0.15) is 22.9 Å². The van der Waals surface area contributed by atoms with Gasteiger partial charge in [-0.3, -0.25) is 5.10 Å². The maximum Gasteiger partial charge on any atom is 0.243 e. The van der Waals surface area contributed by atoms with E-state index in [1.807, 2.05) is 0 Å². The summed E-state index contributed by atoms with van der Waals surface area (Å²) in [5.74, 6) is -0.374. The van der Waals surface area contributed by atoms with E-state index in [0.717, 1.165) is 6.07 Å². The summed E-state index contributed by atoms with van der Waals surface area (Å²) in [6.45, 7) is -0.103. The molecule has 0 bridgehead atoms. The van der Waals surface area contributed by atoms with Gasteiger partial charge in [-0.2, -0.15) is 5.10 Å². The van der Waals surface area contributed by atoms with Crippen molar-refractivity contribution in [1.82, 2.24) is 19.9 Å². The Labute approximate surface area is 125 Å². The third-order valence-corrected chi connectivity index (χ3v) is 4.39. The van der Waals surface area contributed by atoms with Gasteiger partial charge < -0.3 is 5.73 Å². The number of benzene rings is 1. The van der Waals surface area contributed by atoms with E-state index in [1.54, 1.807) is 0 Å². The quantitative estimate of drug-likeness (QED) is 0.715. The molecule has 0 atom stereocenters. The molecule has 1 heterocycles. The third-order valence-electron chi connectivity index (χ3n) is 2.71. The van der Waals surface area contributed by atoms with Crippen molar-refractivity contribution in [3.8, 4) is 0 Å². The van der Waals surface area contributed by atoms with Crippen LogP contribution < -0.4 is 10.5 Å². The molecule has 1 aromatic carbocycles. The second-order valence-corrected chi connectivity index (χ2v) is 6.33. The van der Waals surface area contributed by atoms with Crippen LogP contribution in [0.25, 0.3) is 0 Å². The van der Waals surface area contributed by atoms with Crippen LogP contribution in [-0.4, -0.2) is 30.1 Å². The lowest BCUT2D eigenvalue weighted by Crippen LogP contribution is -2.27. The van der Waals surface area contributed by atoms with E-state index in [9.17, 15) is 12.8 Å². The monoisotopic (exact) mass is 333 g/mol. The van der Waals surface area contributed by atoms with Crippen molar-refractivity contribution in [1.29, 1.82) is 0 Å². The zero-order chi connectivity index (χ0) is 15.5. The number of H-pyrrole nitrogens is 1. The van der Waals surface area contributed by atoms with Crippen LogP contribution in [0, 0.1) is 5.82 Å². The summed E-state index contributed by atoms with van der Waals surface area (Å²) in [7, 11) is -4.03. The Hall–Kier alpha value is -1.55. The van der Waals surface area contributed by atoms with Gasteiger partial charge in [0.05, 0.1) is 0 Å². The summed E-state index contributed by atoms with van der Waals surface area (Å²) >= 11 is 5.78. The van der Waals surface area contributed by atoms with Crippen LogP contribution in [0.15, 0.2) is 23.4 Å².